The molecule has 1 aromatic rings. The summed E-state index contributed by atoms with van der Waals surface area (Å²) in [5, 5.41) is 3.43. The summed E-state index contributed by atoms with van der Waals surface area (Å²) in [6.07, 6.45) is 2.46. The average molecular weight is 236 g/mol. The van der Waals surface area contributed by atoms with Crippen LogP contribution in [0.2, 0.25) is 0 Å². The summed E-state index contributed by atoms with van der Waals surface area (Å²) in [4.78, 5) is 2.06. The molecule has 0 radical (unpaired) electrons. The topological polar surface area (TPSA) is 24.5 Å². The van der Waals surface area contributed by atoms with Crippen molar-refractivity contribution in [3.05, 3.63) is 23.8 Å². The number of ether oxygens (including phenoxy) is 1. The highest BCUT2D eigenvalue weighted by Crippen LogP contribution is 2.27. The van der Waals surface area contributed by atoms with E-state index in [9.17, 15) is 0 Å². The van der Waals surface area contributed by atoms with Crippen LogP contribution in [0.3, 0.4) is 0 Å². The number of hydrogen-bond acceptors (Lipinski definition) is 3. The van der Waals surface area contributed by atoms with Gasteiger partial charge in [0.15, 0.2) is 0 Å². The van der Waals surface area contributed by atoms with E-state index in [1.807, 2.05) is 14.1 Å². The van der Waals surface area contributed by atoms with Gasteiger partial charge in [-0.3, -0.25) is 0 Å². The SMILES string of the molecule is CCCCNCc1ccc(N(C)C)c(OC)c1. The van der Waals surface area contributed by atoms with Gasteiger partial charge < -0.3 is 15.0 Å². The van der Waals surface area contributed by atoms with Crippen LogP contribution in [0.1, 0.15) is 25.3 Å². The molecule has 0 saturated carbocycles. The van der Waals surface area contributed by atoms with Gasteiger partial charge in [-0.15, -0.1) is 0 Å². The van der Waals surface area contributed by atoms with Gasteiger partial charge in [0, 0.05) is 20.6 Å². The van der Waals surface area contributed by atoms with Gasteiger partial charge in [-0.2, -0.15) is 0 Å². The Hall–Kier alpha value is -1.22. The third-order valence-corrected chi connectivity index (χ3v) is 2.76. The number of rotatable bonds is 7. The van der Waals surface area contributed by atoms with Gasteiger partial charge in [0.25, 0.3) is 0 Å². The summed E-state index contributed by atoms with van der Waals surface area (Å²) in [6, 6.07) is 6.36. The number of anilines is 1. The first-order valence-corrected chi connectivity index (χ1v) is 6.24. The molecule has 0 aliphatic rings. The van der Waals surface area contributed by atoms with E-state index >= 15 is 0 Å². The quantitative estimate of drug-likeness (QED) is 0.737. The first-order valence-electron chi connectivity index (χ1n) is 6.24. The van der Waals surface area contributed by atoms with E-state index in [1.54, 1.807) is 7.11 Å². The van der Waals surface area contributed by atoms with Crippen LogP contribution in [0.15, 0.2) is 18.2 Å². The fourth-order valence-corrected chi connectivity index (χ4v) is 1.74. The largest absolute Gasteiger partial charge is 0.495 e. The molecule has 0 spiro atoms. The molecule has 0 atom stereocenters. The minimum Gasteiger partial charge on any atom is -0.495 e. The molecule has 3 heteroatoms. The third-order valence-electron chi connectivity index (χ3n) is 2.76. The van der Waals surface area contributed by atoms with Crippen LogP contribution in [0.5, 0.6) is 5.75 Å². The van der Waals surface area contributed by atoms with Gasteiger partial charge in [0.05, 0.1) is 12.8 Å². The lowest BCUT2D eigenvalue weighted by Crippen LogP contribution is -2.15. The molecule has 0 unspecified atom stereocenters. The molecular weight excluding hydrogens is 212 g/mol. The summed E-state index contributed by atoms with van der Waals surface area (Å²) in [5.74, 6) is 0.935. The molecule has 96 valence electrons. The minimum absolute atomic E-state index is 0.907. The van der Waals surface area contributed by atoms with Crippen molar-refractivity contribution in [2.75, 3.05) is 32.6 Å². The molecule has 0 heterocycles. The normalized spacial score (nSPS) is 10.4. The van der Waals surface area contributed by atoms with Crippen molar-refractivity contribution < 1.29 is 4.74 Å². The Labute approximate surface area is 105 Å². The summed E-state index contributed by atoms with van der Waals surface area (Å²) in [7, 11) is 5.77. The van der Waals surface area contributed by atoms with E-state index < -0.39 is 0 Å². The van der Waals surface area contributed by atoms with E-state index in [-0.39, 0.29) is 0 Å². The predicted octanol–water partition coefficient (Wildman–Crippen LogP) is 2.65. The minimum atomic E-state index is 0.907. The van der Waals surface area contributed by atoms with Crippen LogP contribution in [0, 0.1) is 0 Å². The van der Waals surface area contributed by atoms with Crippen LogP contribution in [0.25, 0.3) is 0 Å². The highest BCUT2D eigenvalue weighted by molar-refractivity contribution is 5.58. The van der Waals surface area contributed by atoms with Crippen molar-refractivity contribution in [1.29, 1.82) is 0 Å². The number of nitrogens with zero attached hydrogens (tertiary/aromatic N) is 1. The van der Waals surface area contributed by atoms with Crippen LogP contribution in [0.4, 0.5) is 5.69 Å². The van der Waals surface area contributed by atoms with E-state index in [2.05, 4.69) is 35.3 Å². The summed E-state index contributed by atoms with van der Waals surface area (Å²) in [6.45, 7) is 4.19. The lowest BCUT2D eigenvalue weighted by atomic mass is 10.1. The van der Waals surface area contributed by atoms with Crippen LogP contribution in [-0.2, 0) is 6.54 Å². The molecule has 1 aromatic carbocycles. The summed E-state index contributed by atoms with van der Waals surface area (Å²) >= 11 is 0. The molecule has 0 aromatic heterocycles. The second-order valence-corrected chi connectivity index (χ2v) is 4.43. The number of nitrogens with one attached hydrogen (secondary N) is 1. The standard InChI is InChI=1S/C14H24N2O/c1-5-6-9-15-11-12-7-8-13(16(2)3)14(10-12)17-4/h7-8,10,15H,5-6,9,11H2,1-4H3. The van der Waals surface area contributed by atoms with Crippen molar-refractivity contribution in [3.63, 3.8) is 0 Å². The Bertz CT molecular complexity index is 337. The predicted molar refractivity (Wildman–Crippen MR) is 73.9 cm³/mol. The van der Waals surface area contributed by atoms with E-state index in [4.69, 9.17) is 4.74 Å². The second kappa shape index (κ2) is 7.17. The lowest BCUT2D eigenvalue weighted by Gasteiger charge is -2.17. The smallest absolute Gasteiger partial charge is 0.142 e. The van der Waals surface area contributed by atoms with Crippen molar-refractivity contribution in [3.8, 4) is 5.75 Å². The monoisotopic (exact) mass is 236 g/mol. The molecule has 0 bridgehead atoms. The van der Waals surface area contributed by atoms with Crippen LogP contribution in [-0.4, -0.2) is 27.7 Å². The Balaban J connectivity index is 2.63. The molecule has 1 rings (SSSR count). The van der Waals surface area contributed by atoms with Crippen molar-refractivity contribution >= 4 is 5.69 Å². The Morgan fingerprint density at radius 3 is 2.65 bits per heavy atom. The zero-order chi connectivity index (χ0) is 12.7. The van der Waals surface area contributed by atoms with Crippen LogP contribution >= 0.6 is 0 Å². The Morgan fingerprint density at radius 2 is 2.06 bits per heavy atom. The Kier molecular flexibility index (Phi) is 5.84. The number of methoxy groups -OCH3 is 1. The molecule has 0 amide bonds. The average Bonchev–Trinajstić information content (AvgIpc) is 2.34. The van der Waals surface area contributed by atoms with Crippen molar-refractivity contribution in [1.82, 2.24) is 5.32 Å². The van der Waals surface area contributed by atoms with Gasteiger partial charge >= 0.3 is 0 Å². The van der Waals surface area contributed by atoms with Gasteiger partial charge in [0.1, 0.15) is 5.75 Å². The fraction of sp³-hybridized carbons (Fsp3) is 0.571. The molecule has 0 aliphatic heterocycles. The van der Waals surface area contributed by atoms with E-state index in [0.29, 0.717) is 0 Å². The number of benzene rings is 1. The number of unbranched alkanes of at least 4 members (excludes halogenated alkanes) is 1. The summed E-state index contributed by atoms with van der Waals surface area (Å²) < 4.78 is 5.41. The second-order valence-electron chi connectivity index (χ2n) is 4.43. The van der Waals surface area contributed by atoms with Gasteiger partial charge in [-0.25, -0.2) is 0 Å². The molecule has 17 heavy (non-hydrogen) atoms. The van der Waals surface area contributed by atoms with E-state index in [0.717, 1.165) is 24.5 Å². The highest BCUT2D eigenvalue weighted by Gasteiger charge is 2.05. The summed E-state index contributed by atoms with van der Waals surface area (Å²) in [5.41, 5.74) is 2.38. The van der Waals surface area contributed by atoms with Gasteiger partial charge in [-0.1, -0.05) is 19.4 Å². The zero-order valence-electron chi connectivity index (χ0n) is 11.4. The van der Waals surface area contributed by atoms with Crippen LogP contribution < -0.4 is 15.0 Å². The fourth-order valence-electron chi connectivity index (χ4n) is 1.74. The zero-order valence-corrected chi connectivity index (χ0v) is 11.4. The van der Waals surface area contributed by atoms with E-state index in [1.165, 1.54) is 18.4 Å². The van der Waals surface area contributed by atoms with Crippen molar-refractivity contribution in [2.24, 2.45) is 0 Å². The number of hydrogen-bond donors (Lipinski definition) is 1. The van der Waals surface area contributed by atoms with Crippen molar-refractivity contribution in [2.45, 2.75) is 26.3 Å². The van der Waals surface area contributed by atoms with Gasteiger partial charge in [0.2, 0.25) is 0 Å². The van der Waals surface area contributed by atoms with Gasteiger partial charge in [-0.05, 0) is 30.7 Å². The molecule has 0 aliphatic carbocycles. The molecule has 0 saturated heterocycles. The molecule has 3 nitrogen and oxygen atoms in total. The lowest BCUT2D eigenvalue weighted by molar-refractivity contribution is 0.414. The third kappa shape index (κ3) is 4.27. The molecule has 1 N–H and O–H groups in total. The maximum absolute atomic E-state index is 5.41. The molecular formula is C14H24N2O. The Morgan fingerprint density at radius 1 is 1.29 bits per heavy atom. The maximum Gasteiger partial charge on any atom is 0.142 e. The maximum atomic E-state index is 5.41. The first-order chi connectivity index (χ1) is 8.19. The molecule has 0 fully saturated rings. The highest BCUT2D eigenvalue weighted by atomic mass is 16.5. The first kappa shape index (κ1) is 13.8.